The van der Waals surface area contributed by atoms with Gasteiger partial charge in [0.05, 0.1) is 12.6 Å². The Bertz CT molecular complexity index is 367. The van der Waals surface area contributed by atoms with Crippen LogP contribution in [-0.4, -0.2) is 13.2 Å². The van der Waals surface area contributed by atoms with Crippen LogP contribution < -0.4 is 11.3 Å². The quantitative estimate of drug-likeness (QED) is 0.606. The Labute approximate surface area is 96.1 Å². The van der Waals surface area contributed by atoms with Crippen molar-refractivity contribution in [2.24, 2.45) is 11.8 Å². The van der Waals surface area contributed by atoms with Crippen LogP contribution in [0.3, 0.4) is 0 Å². The molecule has 2 atom stereocenters. The van der Waals surface area contributed by atoms with Crippen LogP contribution in [0, 0.1) is 26.7 Å². The molecule has 1 saturated heterocycles. The van der Waals surface area contributed by atoms with Gasteiger partial charge in [0.25, 0.3) is 0 Å². The van der Waals surface area contributed by atoms with Crippen LogP contribution in [-0.2, 0) is 4.74 Å². The average molecular weight is 224 g/mol. The Balaban J connectivity index is 2.32. The molecule has 1 aromatic rings. The van der Waals surface area contributed by atoms with Crippen molar-refractivity contribution in [1.82, 2.24) is 5.43 Å². The summed E-state index contributed by atoms with van der Waals surface area (Å²) in [6.45, 7) is 7.68. The average Bonchev–Trinajstić information content (AvgIpc) is 2.84. The van der Waals surface area contributed by atoms with Crippen LogP contribution in [0.4, 0.5) is 0 Å². The van der Waals surface area contributed by atoms with Gasteiger partial charge in [-0.2, -0.15) is 0 Å². The van der Waals surface area contributed by atoms with Crippen LogP contribution >= 0.6 is 0 Å². The lowest BCUT2D eigenvalue weighted by Gasteiger charge is -2.22. The van der Waals surface area contributed by atoms with Gasteiger partial charge in [0.2, 0.25) is 0 Å². The second-order valence-corrected chi connectivity index (χ2v) is 4.52. The molecule has 4 heteroatoms. The third kappa shape index (κ3) is 1.88. The molecule has 90 valence electrons. The molecule has 1 aliphatic heterocycles. The highest BCUT2D eigenvalue weighted by Gasteiger charge is 2.30. The number of nitrogens with two attached hydrogens (primary N) is 1. The maximum Gasteiger partial charge on any atom is 0.106 e. The highest BCUT2D eigenvalue weighted by Crippen LogP contribution is 2.34. The summed E-state index contributed by atoms with van der Waals surface area (Å²) >= 11 is 0. The largest absolute Gasteiger partial charge is 0.466 e. The summed E-state index contributed by atoms with van der Waals surface area (Å²) in [4.78, 5) is 0. The number of hydrazine groups is 1. The first-order valence-electron chi connectivity index (χ1n) is 5.75. The molecule has 0 aromatic carbocycles. The van der Waals surface area contributed by atoms with Gasteiger partial charge in [-0.1, -0.05) is 0 Å². The summed E-state index contributed by atoms with van der Waals surface area (Å²) in [5.74, 6) is 8.07. The first-order chi connectivity index (χ1) is 7.65. The minimum atomic E-state index is 0.139. The summed E-state index contributed by atoms with van der Waals surface area (Å²) < 4.78 is 11.1. The van der Waals surface area contributed by atoms with Crippen LogP contribution in [0.1, 0.15) is 35.1 Å². The van der Waals surface area contributed by atoms with Gasteiger partial charge in [0.1, 0.15) is 11.5 Å². The van der Waals surface area contributed by atoms with Crippen molar-refractivity contribution in [3.8, 4) is 0 Å². The topological polar surface area (TPSA) is 60.4 Å². The Kier molecular flexibility index (Phi) is 3.33. The van der Waals surface area contributed by atoms with Gasteiger partial charge in [-0.05, 0) is 32.8 Å². The van der Waals surface area contributed by atoms with Gasteiger partial charge in [-0.25, -0.2) is 0 Å². The van der Waals surface area contributed by atoms with E-state index in [0.29, 0.717) is 5.92 Å². The Morgan fingerprint density at radius 1 is 1.31 bits per heavy atom. The molecule has 0 saturated carbocycles. The molecule has 1 aliphatic rings. The van der Waals surface area contributed by atoms with Gasteiger partial charge >= 0.3 is 0 Å². The maximum atomic E-state index is 5.68. The second kappa shape index (κ2) is 4.57. The van der Waals surface area contributed by atoms with E-state index < -0.39 is 0 Å². The molecule has 2 heterocycles. The summed E-state index contributed by atoms with van der Waals surface area (Å²) in [7, 11) is 0. The van der Waals surface area contributed by atoms with Crippen molar-refractivity contribution in [1.29, 1.82) is 0 Å². The van der Waals surface area contributed by atoms with Gasteiger partial charge < -0.3 is 9.15 Å². The SMILES string of the molecule is Cc1oc(C)c(C(NN)C2CCOC2)c1C. The molecule has 0 radical (unpaired) electrons. The number of ether oxygens (including phenoxy) is 1. The summed E-state index contributed by atoms with van der Waals surface area (Å²) in [6, 6.07) is 0.139. The minimum Gasteiger partial charge on any atom is -0.466 e. The molecule has 1 aromatic heterocycles. The predicted octanol–water partition coefficient (Wildman–Crippen LogP) is 1.75. The smallest absolute Gasteiger partial charge is 0.106 e. The zero-order valence-corrected chi connectivity index (χ0v) is 10.2. The van der Waals surface area contributed by atoms with Gasteiger partial charge in [-0.3, -0.25) is 11.3 Å². The highest BCUT2D eigenvalue weighted by atomic mass is 16.5. The van der Waals surface area contributed by atoms with E-state index in [1.165, 1.54) is 11.1 Å². The molecule has 3 N–H and O–H groups in total. The van der Waals surface area contributed by atoms with E-state index in [1.54, 1.807) is 0 Å². The van der Waals surface area contributed by atoms with E-state index in [9.17, 15) is 0 Å². The molecule has 2 rings (SSSR count). The van der Waals surface area contributed by atoms with Crippen molar-refractivity contribution in [2.45, 2.75) is 33.2 Å². The fourth-order valence-corrected chi connectivity index (χ4v) is 2.54. The molecular weight excluding hydrogens is 204 g/mol. The van der Waals surface area contributed by atoms with Crippen molar-refractivity contribution >= 4 is 0 Å². The number of hydrogen-bond acceptors (Lipinski definition) is 4. The third-order valence-electron chi connectivity index (χ3n) is 3.54. The van der Waals surface area contributed by atoms with Gasteiger partial charge in [0.15, 0.2) is 0 Å². The van der Waals surface area contributed by atoms with Crippen molar-refractivity contribution in [3.63, 3.8) is 0 Å². The normalized spacial score (nSPS) is 22.6. The monoisotopic (exact) mass is 224 g/mol. The maximum absolute atomic E-state index is 5.68. The molecule has 16 heavy (non-hydrogen) atoms. The van der Waals surface area contributed by atoms with E-state index >= 15 is 0 Å². The zero-order valence-electron chi connectivity index (χ0n) is 10.2. The Hall–Kier alpha value is -0.840. The van der Waals surface area contributed by atoms with E-state index in [4.69, 9.17) is 15.0 Å². The molecule has 0 spiro atoms. The van der Waals surface area contributed by atoms with Crippen LogP contribution in [0.25, 0.3) is 0 Å². The molecule has 0 aliphatic carbocycles. The predicted molar refractivity (Wildman–Crippen MR) is 61.9 cm³/mol. The number of aryl methyl sites for hydroxylation is 2. The molecule has 0 bridgehead atoms. The zero-order chi connectivity index (χ0) is 11.7. The molecule has 4 nitrogen and oxygen atoms in total. The standard InChI is InChI=1S/C12H20N2O2/c1-7-8(2)16-9(3)11(7)12(14-13)10-4-5-15-6-10/h10,12,14H,4-6,13H2,1-3H3. The van der Waals surface area contributed by atoms with Crippen molar-refractivity contribution in [2.75, 3.05) is 13.2 Å². The molecular formula is C12H20N2O2. The van der Waals surface area contributed by atoms with Crippen molar-refractivity contribution in [3.05, 3.63) is 22.6 Å². The molecule has 0 amide bonds. The number of rotatable bonds is 3. The Morgan fingerprint density at radius 2 is 2.06 bits per heavy atom. The van der Waals surface area contributed by atoms with E-state index in [-0.39, 0.29) is 6.04 Å². The minimum absolute atomic E-state index is 0.139. The lowest BCUT2D eigenvalue weighted by Crippen LogP contribution is -2.34. The first kappa shape index (κ1) is 11.6. The fraction of sp³-hybridized carbons (Fsp3) is 0.667. The van der Waals surface area contributed by atoms with Crippen LogP contribution in [0.15, 0.2) is 4.42 Å². The van der Waals surface area contributed by atoms with Crippen LogP contribution in [0.5, 0.6) is 0 Å². The number of nitrogens with one attached hydrogen (secondary N) is 1. The van der Waals surface area contributed by atoms with Crippen LogP contribution in [0.2, 0.25) is 0 Å². The Morgan fingerprint density at radius 3 is 2.50 bits per heavy atom. The van der Waals surface area contributed by atoms with Gasteiger partial charge in [-0.15, -0.1) is 0 Å². The first-order valence-corrected chi connectivity index (χ1v) is 5.75. The lowest BCUT2D eigenvalue weighted by atomic mass is 9.90. The summed E-state index contributed by atoms with van der Waals surface area (Å²) in [5, 5.41) is 0. The summed E-state index contributed by atoms with van der Waals surface area (Å²) in [5.41, 5.74) is 5.32. The van der Waals surface area contributed by atoms with E-state index in [0.717, 1.165) is 31.2 Å². The lowest BCUT2D eigenvalue weighted by molar-refractivity contribution is 0.176. The van der Waals surface area contributed by atoms with E-state index in [2.05, 4.69) is 12.3 Å². The fourth-order valence-electron chi connectivity index (χ4n) is 2.54. The van der Waals surface area contributed by atoms with E-state index in [1.807, 2.05) is 13.8 Å². The number of furan rings is 1. The summed E-state index contributed by atoms with van der Waals surface area (Å²) in [6.07, 6.45) is 1.05. The molecule has 1 fully saturated rings. The highest BCUT2D eigenvalue weighted by molar-refractivity contribution is 5.34. The van der Waals surface area contributed by atoms with Crippen molar-refractivity contribution < 1.29 is 9.15 Å². The van der Waals surface area contributed by atoms with Gasteiger partial charge in [0, 0.05) is 18.1 Å². The third-order valence-corrected chi connectivity index (χ3v) is 3.54. The number of hydrogen-bond donors (Lipinski definition) is 2. The second-order valence-electron chi connectivity index (χ2n) is 4.52. The molecule has 2 unspecified atom stereocenters.